The molecule has 4 aromatic carbocycles. The zero-order chi connectivity index (χ0) is 27.3. The van der Waals surface area contributed by atoms with E-state index in [0.717, 1.165) is 11.1 Å². The molecule has 0 heterocycles. The molecule has 2 N–H and O–H groups in total. The van der Waals surface area contributed by atoms with Crippen molar-refractivity contribution in [1.29, 1.82) is 0 Å². The number of carbonyl (C=O) groups is 4. The molecule has 0 saturated carbocycles. The van der Waals surface area contributed by atoms with Gasteiger partial charge in [-0.05, 0) is 23.3 Å². The molecule has 0 aromatic heterocycles. The number of hydrogen-bond donors (Lipinski definition) is 2. The van der Waals surface area contributed by atoms with Crippen LogP contribution in [-0.2, 0) is 41.9 Å². The van der Waals surface area contributed by atoms with Gasteiger partial charge in [0, 0.05) is 22.5 Å². The van der Waals surface area contributed by atoms with Gasteiger partial charge in [-0.3, -0.25) is 9.59 Å². The van der Waals surface area contributed by atoms with Gasteiger partial charge in [0.25, 0.3) is 0 Å². The van der Waals surface area contributed by atoms with Gasteiger partial charge < -0.3 is 30.4 Å². The molecule has 0 atom stereocenters. The van der Waals surface area contributed by atoms with Crippen LogP contribution in [0, 0.1) is 0 Å². The van der Waals surface area contributed by atoms with E-state index < -0.39 is 11.9 Å². The summed E-state index contributed by atoms with van der Waals surface area (Å²) in [7, 11) is 0. The first-order valence-corrected chi connectivity index (χ1v) is 11.6. The average Bonchev–Trinajstić information content (AvgIpc) is 2.90. The van der Waals surface area contributed by atoms with E-state index in [-0.39, 0.29) is 66.6 Å². The van der Waals surface area contributed by atoms with Crippen LogP contribution in [0.3, 0.4) is 0 Å². The van der Waals surface area contributed by atoms with Gasteiger partial charge >= 0.3 is 19.5 Å². The topological polar surface area (TPSA) is 138 Å². The number of rotatable bonds is 8. The Morgan fingerprint density at radius 2 is 0.795 bits per heavy atom. The summed E-state index contributed by atoms with van der Waals surface area (Å²) in [4.78, 5) is 45.5. The molecule has 0 spiro atoms. The van der Waals surface area contributed by atoms with Crippen molar-refractivity contribution in [3.05, 3.63) is 131 Å². The van der Waals surface area contributed by atoms with Gasteiger partial charge in [0.15, 0.2) is 0 Å². The molecule has 0 aliphatic heterocycles. The number of anilines is 2. The standard InChI is InChI=1S/2C15H13NO3.Zn/c2*17-14(10-11-6-2-1-3-7-11)16-13-9-5-4-8-12(13)15(18)19;/h2*1-9H,10H2,(H,16,17)(H,18,19);/q;;+2/p-2. The molecule has 9 heteroatoms. The van der Waals surface area contributed by atoms with E-state index in [0.29, 0.717) is 0 Å². The maximum absolute atomic E-state index is 11.8. The molecule has 0 radical (unpaired) electrons. The van der Waals surface area contributed by atoms with Crippen molar-refractivity contribution < 1.29 is 48.9 Å². The molecule has 4 rings (SSSR count). The van der Waals surface area contributed by atoms with Crippen LogP contribution in [0.1, 0.15) is 31.8 Å². The molecule has 8 nitrogen and oxygen atoms in total. The van der Waals surface area contributed by atoms with Gasteiger partial charge in [-0.2, -0.15) is 0 Å². The predicted octanol–water partition coefficient (Wildman–Crippen LogP) is 2.46. The number of aromatic carboxylic acids is 2. The van der Waals surface area contributed by atoms with Crippen LogP contribution in [0.25, 0.3) is 0 Å². The normalized spacial score (nSPS) is 9.64. The molecule has 0 bridgehead atoms. The Hall–Kier alpha value is -4.62. The Balaban J connectivity index is 0.000000267. The molecule has 2 amide bonds. The predicted molar refractivity (Wildman–Crippen MR) is 139 cm³/mol. The molecule has 4 aromatic rings. The fraction of sp³-hybridized carbons (Fsp3) is 0.0667. The first-order chi connectivity index (χ1) is 18.3. The molecule has 0 aliphatic rings. The second-order valence-electron chi connectivity index (χ2n) is 8.09. The van der Waals surface area contributed by atoms with Gasteiger partial charge in [0.05, 0.1) is 24.8 Å². The first kappa shape index (κ1) is 30.6. The van der Waals surface area contributed by atoms with E-state index in [1.54, 1.807) is 24.3 Å². The van der Waals surface area contributed by atoms with Crippen LogP contribution >= 0.6 is 0 Å². The number of carbonyl (C=O) groups excluding carboxylic acids is 4. The van der Waals surface area contributed by atoms with Gasteiger partial charge in [0.1, 0.15) is 0 Å². The Morgan fingerprint density at radius 1 is 0.487 bits per heavy atom. The summed E-state index contributed by atoms with van der Waals surface area (Å²) >= 11 is 0. The Labute approximate surface area is 238 Å². The maximum atomic E-state index is 11.8. The molecular formula is C30H24N2O6Zn. The molecule has 0 unspecified atom stereocenters. The van der Waals surface area contributed by atoms with Crippen molar-refractivity contribution in [2.45, 2.75) is 12.8 Å². The fourth-order valence-corrected chi connectivity index (χ4v) is 3.49. The summed E-state index contributed by atoms with van der Waals surface area (Å²) in [5.41, 5.74) is 2.19. The number of hydrogen-bond acceptors (Lipinski definition) is 6. The zero-order valence-corrected chi connectivity index (χ0v) is 23.9. The van der Waals surface area contributed by atoms with E-state index >= 15 is 0 Å². The third kappa shape index (κ3) is 9.99. The summed E-state index contributed by atoms with van der Waals surface area (Å²) in [6, 6.07) is 30.8. The molecule has 0 saturated heterocycles. The van der Waals surface area contributed by atoms with Crippen LogP contribution < -0.4 is 20.8 Å². The number of nitrogens with one attached hydrogen (secondary N) is 2. The third-order valence-corrected chi connectivity index (χ3v) is 5.26. The van der Waals surface area contributed by atoms with Crippen molar-refractivity contribution in [2.75, 3.05) is 10.6 Å². The summed E-state index contributed by atoms with van der Waals surface area (Å²) in [5.74, 6) is -3.15. The maximum Gasteiger partial charge on any atom is 2.00 e. The van der Waals surface area contributed by atoms with Gasteiger partial charge in [-0.25, -0.2) is 0 Å². The third-order valence-electron chi connectivity index (χ3n) is 5.26. The zero-order valence-electron chi connectivity index (χ0n) is 21.0. The number of amides is 2. The van der Waals surface area contributed by atoms with Gasteiger partial charge in [-0.15, -0.1) is 0 Å². The Kier molecular flexibility index (Phi) is 12.2. The minimum absolute atomic E-state index is 0. The smallest absolute Gasteiger partial charge is 0.545 e. The van der Waals surface area contributed by atoms with Gasteiger partial charge in [-0.1, -0.05) is 97.1 Å². The molecule has 0 fully saturated rings. The minimum Gasteiger partial charge on any atom is -0.545 e. The summed E-state index contributed by atoms with van der Waals surface area (Å²) in [6.45, 7) is 0. The largest absolute Gasteiger partial charge is 2.00 e. The van der Waals surface area contributed by atoms with Crippen LogP contribution in [0.5, 0.6) is 0 Å². The van der Waals surface area contributed by atoms with Gasteiger partial charge in [0.2, 0.25) is 11.8 Å². The van der Waals surface area contributed by atoms with Crippen molar-refractivity contribution >= 4 is 35.1 Å². The van der Waals surface area contributed by atoms with E-state index in [1.807, 2.05) is 60.7 Å². The van der Waals surface area contributed by atoms with Crippen molar-refractivity contribution in [3.8, 4) is 0 Å². The molecule has 39 heavy (non-hydrogen) atoms. The van der Waals surface area contributed by atoms with E-state index in [2.05, 4.69) is 10.6 Å². The van der Waals surface area contributed by atoms with E-state index in [1.165, 1.54) is 24.3 Å². The summed E-state index contributed by atoms with van der Waals surface area (Å²) in [5, 5.41) is 27.0. The number of para-hydroxylation sites is 2. The second kappa shape index (κ2) is 15.6. The Bertz CT molecular complexity index is 1300. The number of benzene rings is 4. The summed E-state index contributed by atoms with van der Waals surface area (Å²) in [6.07, 6.45) is 0.393. The van der Waals surface area contributed by atoms with Crippen LogP contribution in [0.4, 0.5) is 11.4 Å². The molecule has 0 aliphatic carbocycles. The van der Waals surface area contributed by atoms with Crippen molar-refractivity contribution in [2.24, 2.45) is 0 Å². The van der Waals surface area contributed by atoms with Crippen molar-refractivity contribution in [3.63, 3.8) is 0 Å². The first-order valence-electron chi connectivity index (χ1n) is 11.6. The fourth-order valence-electron chi connectivity index (χ4n) is 3.49. The molecular weight excluding hydrogens is 550 g/mol. The molecule has 192 valence electrons. The van der Waals surface area contributed by atoms with E-state index in [9.17, 15) is 29.4 Å². The number of carboxylic acids is 2. The van der Waals surface area contributed by atoms with Crippen LogP contribution in [0.2, 0.25) is 0 Å². The minimum atomic E-state index is -1.31. The van der Waals surface area contributed by atoms with Crippen molar-refractivity contribution in [1.82, 2.24) is 0 Å². The number of carboxylic acid groups (broad SMARTS) is 2. The monoisotopic (exact) mass is 572 g/mol. The van der Waals surface area contributed by atoms with Crippen LogP contribution in [0.15, 0.2) is 109 Å². The Morgan fingerprint density at radius 3 is 1.13 bits per heavy atom. The summed E-state index contributed by atoms with van der Waals surface area (Å²) < 4.78 is 0. The van der Waals surface area contributed by atoms with Crippen LogP contribution in [-0.4, -0.2) is 23.8 Å². The quantitative estimate of drug-likeness (QED) is 0.311. The average molecular weight is 574 g/mol. The van der Waals surface area contributed by atoms with E-state index in [4.69, 9.17) is 0 Å². The SMILES string of the molecule is O=C(Cc1ccccc1)Nc1ccccc1C(=O)[O-].O=C(Cc1ccccc1)Nc1ccccc1C(=O)[O-].[Zn+2]. The second-order valence-corrected chi connectivity index (χ2v) is 8.09.